The van der Waals surface area contributed by atoms with Crippen LogP contribution in [0.15, 0.2) is 41.8 Å². The third-order valence-corrected chi connectivity index (χ3v) is 4.75. The van der Waals surface area contributed by atoms with E-state index in [9.17, 15) is 9.18 Å². The van der Waals surface area contributed by atoms with Crippen LogP contribution in [-0.4, -0.2) is 30.4 Å². The van der Waals surface area contributed by atoms with E-state index in [1.165, 1.54) is 17.0 Å². The van der Waals surface area contributed by atoms with Gasteiger partial charge in [0.05, 0.1) is 6.54 Å². The lowest BCUT2D eigenvalue weighted by atomic mass is 10.1. The standard InChI is InChI=1S/C16H17FN2OS/c17-13-3-5-14(6-4-13)18-16(20)11-19-8-7-12(10-19)15-2-1-9-21-15/h1-6,9,12H,7-8,10-11H2,(H,18,20). The third kappa shape index (κ3) is 3.68. The molecule has 5 heteroatoms. The first kappa shape index (κ1) is 14.2. The minimum absolute atomic E-state index is 0.0477. The molecule has 1 amide bonds. The maximum atomic E-state index is 12.8. The molecule has 1 fully saturated rings. The Morgan fingerprint density at radius 1 is 1.33 bits per heavy atom. The molecule has 1 unspecified atom stereocenters. The van der Waals surface area contributed by atoms with Gasteiger partial charge in [0, 0.05) is 23.0 Å². The molecule has 0 bridgehead atoms. The lowest BCUT2D eigenvalue weighted by Gasteiger charge is -2.15. The zero-order valence-electron chi connectivity index (χ0n) is 11.6. The van der Waals surface area contributed by atoms with Gasteiger partial charge in [-0.1, -0.05) is 6.07 Å². The van der Waals surface area contributed by atoms with Crippen molar-refractivity contribution in [2.24, 2.45) is 0 Å². The Morgan fingerprint density at radius 3 is 2.86 bits per heavy atom. The Kier molecular flexibility index (Phi) is 4.31. The second kappa shape index (κ2) is 6.37. The molecule has 1 aromatic carbocycles. The first-order chi connectivity index (χ1) is 10.2. The Hall–Kier alpha value is -1.72. The molecule has 0 spiro atoms. The molecule has 0 radical (unpaired) electrons. The van der Waals surface area contributed by atoms with E-state index in [-0.39, 0.29) is 11.7 Å². The summed E-state index contributed by atoms with van der Waals surface area (Å²) in [7, 11) is 0. The molecular weight excluding hydrogens is 287 g/mol. The van der Waals surface area contributed by atoms with Gasteiger partial charge < -0.3 is 5.32 Å². The Morgan fingerprint density at radius 2 is 2.14 bits per heavy atom. The third-order valence-electron chi connectivity index (χ3n) is 3.71. The number of nitrogens with zero attached hydrogens (tertiary/aromatic N) is 1. The first-order valence-corrected chi connectivity index (χ1v) is 7.90. The van der Waals surface area contributed by atoms with Crippen molar-refractivity contribution in [1.82, 2.24) is 4.90 Å². The molecule has 1 aliphatic heterocycles. The summed E-state index contributed by atoms with van der Waals surface area (Å²) in [6.07, 6.45) is 1.10. The van der Waals surface area contributed by atoms with Crippen LogP contribution in [0.3, 0.4) is 0 Å². The monoisotopic (exact) mass is 304 g/mol. The molecule has 3 rings (SSSR count). The van der Waals surface area contributed by atoms with Crippen molar-refractivity contribution in [1.29, 1.82) is 0 Å². The van der Waals surface area contributed by atoms with Crippen LogP contribution in [0.5, 0.6) is 0 Å². The minimum atomic E-state index is -0.300. The van der Waals surface area contributed by atoms with Crippen LogP contribution in [0.1, 0.15) is 17.2 Å². The van der Waals surface area contributed by atoms with Gasteiger partial charge in [-0.3, -0.25) is 9.69 Å². The number of benzene rings is 1. The second-order valence-corrected chi connectivity index (χ2v) is 6.27. The number of thiophene rings is 1. The number of carbonyl (C=O) groups is 1. The van der Waals surface area contributed by atoms with Crippen molar-refractivity contribution < 1.29 is 9.18 Å². The summed E-state index contributed by atoms with van der Waals surface area (Å²) >= 11 is 1.78. The lowest BCUT2D eigenvalue weighted by molar-refractivity contribution is -0.117. The van der Waals surface area contributed by atoms with Gasteiger partial charge >= 0.3 is 0 Å². The fraction of sp³-hybridized carbons (Fsp3) is 0.312. The van der Waals surface area contributed by atoms with E-state index in [0.717, 1.165) is 19.5 Å². The predicted octanol–water partition coefficient (Wildman–Crippen LogP) is 3.32. The molecule has 1 N–H and O–H groups in total. The summed E-state index contributed by atoms with van der Waals surface area (Å²) in [6, 6.07) is 10.1. The Bertz CT molecular complexity index is 597. The average molecular weight is 304 g/mol. The van der Waals surface area contributed by atoms with Gasteiger partial charge in [-0.05, 0) is 48.7 Å². The van der Waals surface area contributed by atoms with E-state index in [4.69, 9.17) is 0 Å². The molecular formula is C16H17FN2OS. The van der Waals surface area contributed by atoms with Crippen molar-refractivity contribution in [2.45, 2.75) is 12.3 Å². The highest BCUT2D eigenvalue weighted by Gasteiger charge is 2.25. The largest absolute Gasteiger partial charge is 0.325 e. The summed E-state index contributed by atoms with van der Waals surface area (Å²) < 4.78 is 12.8. The van der Waals surface area contributed by atoms with E-state index in [0.29, 0.717) is 18.2 Å². The van der Waals surface area contributed by atoms with Gasteiger partial charge in [0.2, 0.25) is 5.91 Å². The highest BCUT2D eigenvalue weighted by Crippen LogP contribution is 2.29. The number of amides is 1. The lowest BCUT2D eigenvalue weighted by Crippen LogP contribution is -2.31. The number of rotatable bonds is 4. The van der Waals surface area contributed by atoms with E-state index in [2.05, 4.69) is 27.7 Å². The Balaban J connectivity index is 1.50. The van der Waals surface area contributed by atoms with Gasteiger partial charge in [0.25, 0.3) is 0 Å². The van der Waals surface area contributed by atoms with Crippen molar-refractivity contribution in [2.75, 3.05) is 25.0 Å². The summed E-state index contributed by atoms with van der Waals surface area (Å²) in [5, 5.41) is 4.90. The van der Waals surface area contributed by atoms with E-state index in [1.54, 1.807) is 23.5 Å². The highest BCUT2D eigenvalue weighted by atomic mass is 32.1. The van der Waals surface area contributed by atoms with Gasteiger partial charge in [-0.25, -0.2) is 4.39 Å². The smallest absolute Gasteiger partial charge is 0.238 e. The molecule has 110 valence electrons. The van der Waals surface area contributed by atoms with Crippen LogP contribution in [-0.2, 0) is 4.79 Å². The molecule has 1 aromatic heterocycles. The van der Waals surface area contributed by atoms with E-state index in [1.807, 2.05) is 0 Å². The number of hydrogen-bond donors (Lipinski definition) is 1. The fourth-order valence-electron chi connectivity index (χ4n) is 2.67. The first-order valence-electron chi connectivity index (χ1n) is 7.02. The van der Waals surface area contributed by atoms with E-state index < -0.39 is 0 Å². The molecule has 2 aromatic rings. The zero-order chi connectivity index (χ0) is 14.7. The van der Waals surface area contributed by atoms with Crippen LogP contribution in [0.4, 0.5) is 10.1 Å². The van der Waals surface area contributed by atoms with Crippen LogP contribution < -0.4 is 5.32 Å². The van der Waals surface area contributed by atoms with Crippen molar-refractivity contribution in [3.8, 4) is 0 Å². The summed E-state index contributed by atoms with van der Waals surface area (Å²) in [6.45, 7) is 2.26. The topological polar surface area (TPSA) is 32.3 Å². The molecule has 21 heavy (non-hydrogen) atoms. The van der Waals surface area contributed by atoms with Gasteiger partial charge in [-0.2, -0.15) is 0 Å². The van der Waals surface area contributed by atoms with E-state index >= 15 is 0 Å². The van der Waals surface area contributed by atoms with Crippen LogP contribution >= 0.6 is 11.3 Å². The van der Waals surface area contributed by atoms with Gasteiger partial charge in [0.1, 0.15) is 5.82 Å². The quantitative estimate of drug-likeness (QED) is 0.940. The number of likely N-dealkylation sites (tertiary alicyclic amines) is 1. The average Bonchev–Trinajstić information content (AvgIpc) is 3.12. The zero-order valence-corrected chi connectivity index (χ0v) is 12.4. The fourth-order valence-corrected chi connectivity index (χ4v) is 3.53. The molecule has 1 aliphatic rings. The number of hydrogen-bond acceptors (Lipinski definition) is 3. The predicted molar refractivity (Wildman–Crippen MR) is 83.1 cm³/mol. The Labute approximate surface area is 127 Å². The van der Waals surface area contributed by atoms with Crippen molar-refractivity contribution in [3.05, 3.63) is 52.5 Å². The number of halogens is 1. The van der Waals surface area contributed by atoms with Gasteiger partial charge in [0.15, 0.2) is 0 Å². The normalized spacial score (nSPS) is 18.8. The minimum Gasteiger partial charge on any atom is -0.325 e. The van der Waals surface area contributed by atoms with Crippen molar-refractivity contribution >= 4 is 22.9 Å². The summed E-state index contributed by atoms with van der Waals surface area (Å²) in [5.41, 5.74) is 0.635. The highest BCUT2D eigenvalue weighted by molar-refractivity contribution is 7.10. The molecule has 0 saturated carbocycles. The maximum absolute atomic E-state index is 12.8. The molecule has 1 atom stereocenters. The summed E-state index contributed by atoms with van der Waals surface area (Å²) in [5.74, 6) is 0.198. The van der Waals surface area contributed by atoms with Crippen molar-refractivity contribution in [3.63, 3.8) is 0 Å². The maximum Gasteiger partial charge on any atom is 0.238 e. The molecule has 2 heterocycles. The molecule has 0 aliphatic carbocycles. The second-order valence-electron chi connectivity index (χ2n) is 5.29. The van der Waals surface area contributed by atoms with Crippen LogP contribution in [0, 0.1) is 5.82 Å². The molecule has 1 saturated heterocycles. The van der Waals surface area contributed by atoms with Crippen LogP contribution in [0.2, 0.25) is 0 Å². The number of anilines is 1. The van der Waals surface area contributed by atoms with Crippen LogP contribution in [0.25, 0.3) is 0 Å². The molecule has 3 nitrogen and oxygen atoms in total. The number of carbonyl (C=O) groups excluding carboxylic acids is 1. The summed E-state index contributed by atoms with van der Waals surface area (Å²) in [4.78, 5) is 15.6. The van der Waals surface area contributed by atoms with Gasteiger partial charge in [-0.15, -0.1) is 11.3 Å². The SMILES string of the molecule is O=C(CN1CCC(c2cccs2)C1)Nc1ccc(F)cc1. The number of nitrogens with one attached hydrogen (secondary N) is 1.